The minimum Gasteiger partial charge on any atom is -0.373 e. The van der Waals surface area contributed by atoms with Crippen molar-refractivity contribution in [2.24, 2.45) is 0 Å². The first-order chi connectivity index (χ1) is 14.9. The van der Waals surface area contributed by atoms with Gasteiger partial charge in [-0.2, -0.15) is 13.4 Å². The molecule has 0 radical (unpaired) electrons. The first kappa shape index (κ1) is 20.7. The average Bonchev–Trinajstić information content (AvgIpc) is 2.86. The maximum absolute atomic E-state index is 13.0. The number of hydrogen-bond acceptors (Lipinski definition) is 7. The summed E-state index contributed by atoms with van der Waals surface area (Å²) in [6.45, 7) is 2.15. The molecule has 2 aromatic carbocycles. The van der Waals surface area contributed by atoms with E-state index in [0.717, 1.165) is 16.3 Å². The summed E-state index contributed by atoms with van der Waals surface area (Å²) < 4.78 is 37.6. The quantitative estimate of drug-likeness (QED) is 0.241. The Hall–Kier alpha value is -2.17. The highest BCUT2D eigenvalue weighted by Crippen LogP contribution is 2.50. The Morgan fingerprint density at radius 1 is 1.10 bits per heavy atom. The van der Waals surface area contributed by atoms with Crippen molar-refractivity contribution < 1.29 is 17.3 Å². The van der Waals surface area contributed by atoms with E-state index in [-0.39, 0.29) is 10.6 Å². The Bertz CT molecular complexity index is 1260. The molecular weight excluding hydrogens is 458 g/mol. The number of ether oxygens (including phenoxy) is 1. The van der Waals surface area contributed by atoms with Gasteiger partial charge >= 0.3 is 10.1 Å². The summed E-state index contributed by atoms with van der Waals surface area (Å²) in [6.07, 6.45) is 1.93. The van der Waals surface area contributed by atoms with E-state index < -0.39 is 10.1 Å². The van der Waals surface area contributed by atoms with Crippen molar-refractivity contribution >= 4 is 45.0 Å². The van der Waals surface area contributed by atoms with Crippen molar-refractivity contribution in [3.63, 3.8) is 0 Å². The average molecular weight is 477 g/mol. The summed E-state index contributed by atoms with van der Waals surface area (Å²) in [5, 5.41) is 0.387. The summed E-state index contributed by atoms with van der Waals surface area (Å²) >= 11 is 8.00. The molecule has 10 heteroatoms. The van der Waals surface area contributed by atoms with E-state index in [0.29, 0.717) is 47.5 Å². The van der Waals surface area contributed by atoms with Crippen molar-refractivity contribution in [2.45, 2.75) is 9.79 Å². The van der Waals surface area contributed by atoms with Crippen LogP contribution in [0.1, 0.15) is 0 Å². The SMILES string of the molecule is CSc1c(Cl)nc2nc1[N+]1(CCOCC1)c1cc-2ccc1OS(=O)(=O)c1ccccc1. The highest BCUT2D eigenvalue weighted by Gasteiger charge is 2.45. The molecule has 1 fully saturated rings. The van der Waals surface area contributed by atoms with Gasteiger partial charge in [0.15, 0.2) is 16.7 Å². The van der Waals surface area contributed by atoms with Gasteiger partial charge in [-0.05, 0) is 30.5 Å². The third-order valence-electron chi connectivity index (χ3n) is 5.56. The Morgan fingerprint density at radius 2 is 1.84 bits per heavy atom. The molecule has 31 heavy (non-hydrogen) atoms. The zero-order chi connectivity index (χ0) is 21.6. The van der Waals surface area contributed by atoms with Crippen molar-refractivity contribution in [3.05, 3.63) is 53.7 Å². The van der Waals surface area contributed by atoms with Crippen LogP contribution in [0.5, 0.6) is 5.75 Å². The predicted molar refractivity (Wildman–Crippen MR) is 121 cm³/mol. The number of aromatic nitrogens is 2. The fourth-order valence-corrected chi connectivity index (χ4v) is 6.02. The zero-order valence-corrected chi connectivity index (χ0v) is 19.0. The second-order valence-corrected chi connectivity index (χ2v) is 9.98. The summed E-state index contributed by atoms with van der Waals surface area (Å²) in [5.41, 5.74) is 1.47. The van der Waals surface area contributed by atoms with Gasteiger partial charge in [0.25, 0.3) is 5.82 Å². The summed E-state index contributed by atoms with van der Waals surface area (Å²) in [5.74, 6) is 1.52. The minimum absolute atomic E-state index is 0.0987. The van der Waals surface area contributed by atoms with Crippen molar-refractivity contribution in [2.75, 3.05) is 32.6 Å². The molecule has 0 unspecified atom stereocenters. The van der Waals surface area contributed by atoms with Gasteiger partial charge in [0.2, 0.25) is 5.75 Å². The Morgan fingerprint density at radius 3 is 2.55 bits per heavy atom. The van der Waals surface area contributed by atoms with Crippen LogP contribution in [0.15, 0.2) is 58.3 Å². The van der Waals surface area contributed by atoms with E-state index in [1.165, 1.54) is 23.9 Å². The minimum atomic E-state index is -4.01. The molecule has 0 atom stereocenters. The number of rotatable bonds is 4. The summed E-state index contributed by atoms with van der Waals surface area (Å²) in [4.78, 5) is 10.2. The van der Waals surface area contributed by atoms with Crippen LogP contribution in [-0.2, 0) is 14.9 Å². The van der Waals surface area contributed by atoms with Crippen LogP contribution in [0.25, 0.3) is 11.4 Å². The van der Waals surface area contributed by atoms with Gasteiger partial charge in [-0.1, -0.05) is 29.8 Å². The van der Waals surface area contributed by atoms with Gasteiger partial charge in [0.05, 0.1) is 13.2 Å². The number of nitrogens with zero attached hydrogens (tertiary/aromatic N) is 3. The molecule has 0 saturated carbocycles. The van der Waals surface area contributed by atoms with Crippen LogP contribution < -0.4 is 8.67 Å². The molecule has 1 aromatic heterocycles. The van der Waals surface area contributed by atoms with Gasteiger partial charge in [-0.3, -0.25) is 0 Å². The van der Waals surface area contributed by atoms with E-state index in [2.05, 4.69) is 4.98 Å². The first-order valence-corrected chi connectivity index (χ1v) is 12.7. The zero-order valence-electron chi connectivity index (χ0n) is 16.6. The highest BCUT2D eigenvalue weighted by atomic mass is 35.5. The number of fused-ring (bicyclic) bond motifs is 7. The first-order valence-electron chi connectivity index (χ1n) is 9.66. The predicted octanol–water partition coefficient (Wildman–Crippen LogP) is 4.27. The molecule has 3 aromatic rings. The molecule has 0 N–H and O–H groups in total. The maximum Gasteiger partial charge on any atom is 0.339 e. The van der Waals surface area contributed by atoms with E-state index in [9.17, 15) is 8.42 Å². The smallest absolute Gasteiger partial charge is 0.339 e. The molecule has 0 amide bonds. The van der Waals surface area contributed by atoms with Gasteiger partial charge < -0.3 is 8.92 Å². The maximum atomic E-state index is 13.0. The fourth-order valence-electron chi connectivity index (χ4n) is 4.04. The van der Waals surface area contributed by atoms with Crippen LogP contribution in [0, 0.1) is 0 Å². The molecule has 5 rings (SSSR count). The molecule has 7 nitrogen and oxygen atoms in total. The highest BCUT2D eigenvalue weighted by molar-refractivity contribution is 7.98. The Balaban J connectivity index is 1.72. The lowest BCUT2D eigenvalue weighted by Gasteiger charge is -2.39. The topological polar surface area (TPSA) is 78.4 Å². The summed E-state index contributed by atoms with van der Waals surface area (Å²) in [7, 11) is -4.01. The second kappa shape index (κ2) is 7.75. The molecule has 1 saturated heterocycles. The number of thioether (sulfide) groups is 1. The lowest BCUT2D eigenvalue weighted by Crippen LogP contribution is -2.53. The number of quaternary nitrogens is 1. The van der Waals surface area contributed by atoms with E-state index in [4.69, 9.17) is 25.5 Å². The van der Waals surface area contributed by atoms with Crippen molar-refractivity contribution in [1.82, 2.24) is 14.5 Å². The van der Waals surface area contributed by atoms with Crippen LogP contribution in [0.3, 0.4) is 0 Å². The normalized spacial score (nSPS) is 16.7. The third kappa shape index (κ3) is 3.41. The Kier molecular flexibility index (Phi) is 5.18. The van der Waals surface area contributed by atoms with Crippen LogP contribution in [0.4, 0.5) is 11.5 Å². The molecule has 4 bridgehead atoms. The van der Waals surface area contributed by atoms with E-state index in [1.807, 2.05) is 12.3 Å². The van der Waals surface area contributed by atoms with Crippen molar-refractivity contribution in [3.8, 4) is 17.1 Å². The molecular formula is C21H19ClN3O4S2+. The van der Waals surface area contributed by atoms with Crippen LogP contribution in [-0.4, -0.2) is 50.9 Å². The number of halogens is 1. The summed E-state index contributed by atoms with van der Waals surface area (Å²) in [6, 6.07) is 13.5. The largest absolute Gasteiger partial charge is 0.373 e. The number of morpholine rings is 1. The van der Waals surface area contributed by atoms with Crippen molar-refractivity contribution in [1.29, 1.82) is 0 Å². The van der Waals surface area contributed by atoms with Crippen LogP contribution >= 0.6 is 23.4 Å². The standard InChI is InChI=1S/C21H19ClN3O4S2/c1-30-18-19(22)23-20-14-7-8-17(29-31(26,27)15-5-3-2-4-6-15)16(13-14)25(21(18)24-20)9-11-28-12-10-25/h2-8,13H,9-12H2,1H3/q+1. The molecule has 0 aliphatic carbocycles. The van der Waals surface area contributed by atoms with Gasteiger partial charge in [0, 0.05) is 11.6 Å². The molecule has 1 spiro atoms. The second-order valence-electron chi connectivity index (χ2n) is 7.26. The van der Waals surface area contributed by atoms with Gasteiger partial charge in [-0.25, -0.2) is 9.47 Å². The number of hydrogen-bond donors (Lipinski definition) is 0. The van der Waals surface area contributed by atoms with E-state index in [1.54, 1.807) is 30.3 Å². The van der Waals surface area contributed by atoms with E-state index >= 15 is 0 Å². The fraction of sp³-hybridized carbons (Fsp3) is 0.238. The number of benzene rings is 2. The van der Waals surface area contributed by atoms with Crippen LogP contribution in [0.2, 0.25) is 5.15 Å². The van der Waals surface area contributed by atoms with Gasteiger partial charge in [0.1, 0.15) is 22.9 Å². The molecule has 2 aliphatic rings. The van der Waals surface area contributed by atoms with Gasteiger partial charge in [-0.15, -0.1) is 11.8 Å². The third-order valence-corrected chi connectivity index (χ3v) is 7.98. The molecule has 3 heterocycles. The Labute approximate surface area is 189 Å². The molecule has 160 valence electrons. The monoisotopic (exact) mass is 476 g/mol. The lowest BCUT2D eigenvalue weighted by atomic mass is 10.1. The molecule has 2 aliphatic heterocycles. The lowest BCUT2D eigenvalue weighted by molar-refractivity contribution is 0.0618.